The van der Waals surface area contributed by atoms with Crippen LogP contribution >= 0.6 is 0 Å². The largest absolute Gasteiger partial charge is 0.376 e. The van der Waals surface area contributed by atoms with Crippen LogP contribution in [0.4, 0.5) is 0 Å². The number of carbonyl (C=O) groups is 2. The minimum absolute atomic E-state index is 0.182. The minimum atomic E-state index is -0.473. The lowest BCUT2D eigenvalue weighted by molar-refractivity contribution is -0.143. The van der Waals surface area contributed by atoms with Gasteiger partial charge >= 0.3 is 0 Å². The molecule has 0 aliphatic carbocycles. The van der Waals surface area contributed by atoms with Crippen LogP contribution in [0.3, 0.4) is 0 Å². The second-order valence-electron chi connectivity index (χ2n) is 7.77. The highest BCUT2D eigenvalue weighted by molar-refractivity contribution is 6.03. The van der Waals surface area contributed by atoms with Crippen LogP contribution in [0.15, 0.2) is 0 Å². The van der Waals surface area contributed by atoms with Gasteiger partial charge in [0.25, 0.3) is 0 Å². The predicted octanol–water partition coefficient (Wildman–Crippen LogP) is 5.04. The van der Waals surface area contributed by atoms with Gasteiger partial charge in [0.15, 0.2) is 0 Å². The molecule has 0 aromatic rings. The van der Waals surface area contributed by atoms with Gasteiger partial charge < -0.3 is 5.11 Å². The van der Waals surface area contributed by atoms with Crippen molar-refractivity contribution in [1.82, 2.24) is 4.90 Å². The number of amides is 2. The Morgan fingerprint density at radius 3 is 1.84 bits per heavy atom. The molecule has 1 heterocycles. The van der Waals surface area contributed by atoms with Crippen LogP contribution in [0, 0.1) is 11.8 Å². The van der Waals surface area contributed by atoms with Crippen LogP contribution < -0.4 is 0 Å². The lowest BCUT2D eigenvalue weighted by Crippen LogP contribution is -2.32. The van der Waals surface area contributed by atoms with Crippen LogP contribution in [0.2, 0.25) is 0 Å². The molecule has 0 aromatic heterocycles. The second-order valence-corrected chi connectivity index (χ2v) is 7.77. The summed E-state index contributed by atoms with van der Waals surface area (Å²) in [5, 5.41) is 9.08. The number of carbonyl (C=O) groups excluding carboxylic acids is 2. The van der Waals surface area contributed by atoms with Crippen LogP contribution in [0.1, 0.15) is 104 Å². The molecule has 2 unspecified atom stereocenters. The van der Waals surface area contributed by atoms with E-state index in [1.165, 1.54) is 70.6 Å². The van der Waals surface area contributed by atoms with E-state index in [1.807, 2.05) is 0 Å². The first kappa shape index (κ1) is 22.1. The number of rotatable bonds is 15. The molecule has 0 spiro atoms. The molecule has 1 N–H and O–H groups in total. The number of hydrogen-bond acceptors (Lipinski definition) is 3. The maximum Gasteiger partial charge on any atom is 0.234 e. The molecule has 0 saturated carbocycles. The van der Waals surface area contributed by atoms with E-state index in [1.54, 1.807) is 0 Å². The zero-order valence-corrected chi connectivity index (χ0v) is 16.5. The van der Waals surface area contributed by atoms with Crippen molar-refractivity contribution in [2.75, 3.05) is 6.73 Å². The Morgan fingerprint density at radius 1 is 0.920 bits per heavy atom. The van der Waals surface area contributed by atoms with E-state index in [2.05, 4.69) is 13.8 Å². The smallest absolute Gasteiger partial charge is 0.234 e. The van der Waals surface area contributed by atoms with Crippen molar-refractivity contribution in [3.8, 4) is 0 Å². The molecule has 146 valence electrons. The van der Waals surface area contributed by atoms with Crippen molar-refractivity contribution in [2.45, 2.75) is 104 Å². The topological polar surface area (TPSA) is 57.6 Å². The zero-order chi connectivity index (χ0) is 18.5. The van der Waals surface area contributed by atoms with Gasteiger partial charge in [0.1, 0.15) is 6.73 Å². The van der Waals surface area contributed by atoms with E-state index in [-0.39, 0.29) is 30.1 Å². The van der Waals surface area contributed by atoms with Crippen LogP contribution in [0.5, 0.6) is 0 Å². The molecular formula is C21H39NO3. The van der Waals surface area contributed by atoms with E-state index < -0.39 is 6.73 Å². The minimum Gasteiger partial charge on any atom is -0.376 e. The molecule has 1 rings (SSSR count). The maximum absolute atomic E-state index is 12.1. The first-order chi connectivity index (χ1) is 12.1. The number of aliphatic hydroxyl groups excluding tert-OH is 1. The van der Waals surface area contributed by atoms with Crippen molar-refractivity contribution in [3.63, 3.8) is 0 Å². The summed E-state index contributed by atoms with van der Waals surface area (Å²) < 4.78 is 0. The Labute approximate surface area is 154 Å². The van der Waals surface area contributed by atoms with Gasteiger partial charge in [0.05, 0.1) is 0 Å². The number of likely N-dealkylation sites (tertiary alicyclic amines) is 1. The molecule has 2 amide bonds. The summed E-state index contributed by atoms with van der Waals surface area (Å²) in [6, 6.07) is 0. The third kappa shape index (κ3) is 8.35. The SMILES string of the molecule is CCCCCCCCCCCCCCC(C)C1CC(=O)N(CO)C1=O. The summed E-state index contributed by atoms with van der Waals surface area (Å²) in [4.78, 5) is 24.7. The first-order valence-corrected chi connectivity index (χ1v) is 10.6. The summed E-state index contributed by atoms with van der Waals surface area (Å²) >= 11 is 0. The number of hydrogen-bond donors (Lipinski definition) is 1. The molecule has 0 radical (unpaired) electrons. The van der Waals surface area contributed by atoms with Crippen molar-refractivity contribution < 1.29 is 14.7 Å². The number of unbranched alkanes of at least 4 members (excludes halogenated alkanes) is 11. The van der Waals surface area contributed by atoms with Gasteiger partial charge in [-0.25, -0.2) is 0 Å². The highest BCUT2D eigenvalue weighted by atomic mass is 16.3. The van der Waals surface area contributed by atoms with Crippen molar-refractivity contribution >= 4 is 11.8 Å². The molecular weight excluding hydrogens is 314 g/mol. The van der Waals surface area contributed by atoms with Gasteiger partial charge in [-0.05, 0) is 12.3 Å². The summed E-state index contributed by atoms with van der Waals surface area (Å²) in [6.45, 7) is 3.85. The molecule has 4 nitrogen and oxygen atoms in total. The third-order valence-corrected chi connectivity index (χ3v) is 5.62. The van der Waals surface area contributed by atoms with Crippen molar-refractivity contribution in [3.05, 3.63) is 0 Å². The average Bonchev–Trinajstić information content (AvgIpc) is 2.89. The number of aliphatic hydroxyl groups is 1. The summed E-state index contributed by atoms with van der Waals surface area (Å²) in [7, 11) is 0. The molecule has 1 aliphatic rings. The molecule has 25 heavy (non-hydrogen) atoms. The monoisotopic (exact) mass is 353 g/mol. The molecule has 0 bridgehead atoms. The number of nitrogens with zero attached hydrogens (tertiary/aromatic N) is 1. The summed E-state index contributed by atoms with van der Waals surface area (Å²) in [5.41, 5.74) is 0. The fourth-order valence-corrected chi connectivity index (χ4v) is 3.81. The Hall–Kier alpha value is -0.900. The van der Waals surface area contributed by atoms with Gasteiger partial charge in [-0.15, -0.1) is 0 Å². The van der Waals surface area contributed by atoms with E-state index in [4.69, 9.17) is 5.11 Å². The Kier molecular flexibility index (Phi) is 11.8. The maximum atomic E-state index is 12.1. The van der Waals surface area contributed by atoms with E-state index >= 15 is 0 Å². The van der Waals surface area contributed by atoms with Gasteiger partial charge in [-0.2, -0.15) is 0 Å². The van der Waals surface area contributed by atoms with E-state index in [0.29, 0.717) is 0 Å². The fourth-order valence-electron chi connectivity index (χ4n) is 3.81. The molecule has 1 fully saturated rings. The standard InChI is InChI=1S/C21H39NO3/c1-3-4-5-6-7-8-9-10-11-12-13-14-15-18(2)19-16-20(24)22(17-23)21(19)25/h18-19,23H,3-17H2,1-2H3. The summed E-state index contributed by atoms with van der Waals surface area (Å²) in [6.07, 6.45) is 17.3. The van der Waals surface area contributed by atoms with Gasteiger partial charge in [0, 0.05) is 12.3 Å². The van der Waals surface area contributed by atoms with Crippen LogP contribution in [-0.2, 0) is 9.59 Å². The highest BCUT2D eigenvalue weighted by Crippen LogP contribution is 2.29. The summed E-state index contributed by atoms with van der Waals surface area (Å²) in [5.74, 6) is -0.388. The Bertz CT molecular complexity index is 383. The average molecular weight is 354 g/mol. The van der Waals surface area contributed by atoms with E-state index in [0.717, 1.165) is 17.7 Å². The molecule has 0 aromatic carbocycles. The second kappa shape index (κ2) is 13.3. The van der Waals surface area contributed by atoms with Crippen molar-refractivity contribution in [1.29, 1.82) is 0 Å². The first-order valence-electron chi connectivity index (χ1n) is 10.6. The van der Waals surface area contributed by atoms with Crippen LogP contribution in [-0.4, -0.2) is 28.6 Å². The lowest BCUT2D eigenvalue weighted by atomic mass is 9.88. The Morgan fingerprint density at radius 2 is 1.40 bits per heavy atom. The predicted molar refractivity (Wildman–Crippen MR) is 102 cm³/mol. The number of imide groups is 1. The van der Waals surface area contributed by atoms with E-state index in [9.17, 15) is 9.59 Å². The molecule has 1 aliphatic heterocycles. The van der Waals surface area contributed by atoms with Gasteiger partial charge in [-0.1, -0.05) is 90.9 Å². The van der Waals surface area contributed by atoms with Crippen molar-refractivity contribution in [2.24, 2.45) is 11.8 Å². The lowest BCUT2D eigenvalue weighted by Gasteiger charge is -2.17. The van der Waals surface area contributed by atoms with Gasteiger partial charge in [-0.3, -0.25) is 14.5 Å². The normalized spacial score (nSPS) is 19.0. The molecule has 4 heteroatoms. The quantitative estimate of drug-likeness (QED) is 0.331. The van der Waals surface area contributed by atoms with Gasteiger partial charge in [0.2, 0.25) is 11.8 Å². The fraction of sp³-hybridized carbons (Fsp3) is 0.905. The third-order valence-electron chi connectivity index (χ3n) is 5.62. The molecule has 1 saturated heterocycles. The molecule has 2 atom stereocenters. The zero-order valence-electron chi connectivity index (χ0n) is 16.5. The Balaban J connectivity index is 1.96. The van der Waals surface area contributed by atoms with Crippen LogP contribution in [0.25, 0.3) is 0 Å². The highest BCUT2D eigenvalue weighted by Gasteiger charge is 2.40.